The van der Waals surface area contributed by atoms with E-state index in [2.05, 4.69) is 16.0 Å². The Morgan fingerprint density at radius 2 is 2.07 bits per heavy atom. The molecule has 0 radical (unpaired) electrons. The van der Waals surface area contributed by atoms with E-state index in [0.717, 1.165) is 41.1 Å². The van der Waals surface area contributed by atoms with Crippen molar-refractivity contribution in [2.45, 2.75) is 5.75 Å². The molecule has 27 heavy (non-hydrogen) atoms. The minimum Gasteiger partial charge on any atom is -0.378 e. The summed E-state index contributed by atoms with van der Waals surface area (Å²) in [5.41, 5.74) is 8.19. The zero-order valence-corrected chi connectivity index (χ0v) is 15.7. The second-order valence-electron chi connectivity index (χ2n) is 6.38. The van der Waals surface area contributed by atoms with Gasteiger partial charge in [-0.05, 0) is 24.3 Å². The van der Waals surface area contributed by atoms with Crippen LogP contribution in [0.5, 0.6) is 0 Å². The lowest BCUT2D eigenvalue weighted by atomic mass is 10.1. The molecule has 3 aromatic rings. The fourth-order valence-corrected chi connectivity index (χ4v) is 3.75. The van der Waals surface area contributed by atoms with Gasteiger partial charge in [-0.2, -0.15) is 0 Å². The van der Waals surface area contributed by atoms with Crippen LogP contribution in [0.3, 0.4) is 0 Å². The van der Waals surface area contributed by atoms with Gasteiger partial charge in [-0.1, -0.05) is 0 Å². The Balaban J connectivity index is 1.68. The first-order valence-electron chi connectivity index (χ1n) is 8.83. The van der Waals surface area contributed by atoms with Crippen molar-refractivity contribution < 1.29 is 9.53 Å². The molecule has 4 rings (SSSR count). The Morgan fingerprint density at radius 3 is 2.89 bits per heavy atom. The molecule has 1 fully saturated rings. The maximum atomic E-state index is 11.0. The average Bonchev–Trinajstić information content (AvgIpc) is 3.16. The largest absolute Gasteiger partial charge is 0.378 e. The zero-order chi connectivity index (χ0) is 18.6. The maximum Gasteiger partial charge on any atom is 0.227 e. The van der Waals surface area contributed by atoms with Gasteiger partial charge in [0.2, 0.25) is 5.91 Å². The van der Waals surface area contributed by atoms with Gasteiger partial charge in [0.05, 0.1) is 24.7 Å². The molecule has 0 unspecified atom stereocenters. The van der Waals surface area contributed by atoms with Gasteiger partial charge < -0.3 is 20.4 Å². The van der Waals surface area contributed by atoms with Gasteiger partial charge in [-0.15, -0.1) is 11.8 Å². The van der Waals surface area contributed by atoms with Crippen LogP contribution in [0.1, 0.15) is 5.69 Å². The summed E-state index contributed by atoms with van der Waals surface area (Å²) in [6.07, 6.45) is 1.92. The summed E-state index contributed by atoms with van der Waals surface area (Å²) in [7, 11) is 0. The number of amides is 1. The smallest absolute Gasteiger partial charge is 0.227 e. The van der Waals surface area contributed by atoms with E-state index in [0.29, 0.717) is 24.8 Å². The van der Waals surface area contributed by atoms with Crippen LogP contribution < -0.4 is 10.6 Å². The molecule has 7 nitrogen and oxygen atoms in total. The number of thioether (sulfide) groups is 1. The molecule has 0 aliphatic carbocycles. The minimum absolute atomic E-state index is 0.279. The van der Waals surface area contributed by atoms with Crippen molar-refractivity contribution in [2.24, 2.45) is 5.73 Å². The molecule has 1 amide bonds. The predicted octanol–water partition coefficient (Wildman–Crippen LogP) is 2.18. The number of benzene rings is 1. The molecule has 1 aromatic carbocycles. The van der Waals surface area contributed by atoms with Crippen molar-refractivity contribution in [1.29, 1.82) is 0 Å². The lowest BCUT2D eigenvalue weighted by Gasteiger charge is -2.28. The monoisotopic (exact) mass is 383 g/mol. The molecule has 1 saturated heterocycles. The number of primary amides is 1. The van der Waals surface area contributed by atoms with Crippen LogP contribution in [0, 0.1) is 0 Å². The van der Waals surface area contributed by atoms with E-state index >= 15 is 0 Å². The Morgan fingerprint density at radius 1 is 1.22 bits per heavy atom. The van der Waals surface area contributed by atoms with E-state index in [4.69, 9.17) is 20.4 Å². The third-order valence-electron chi connectivity index (χ3n) is 4.41. The molecule has 2 aromatic heterocycles. The second kappa shape index (κ2) is 7.98. The fraction of sp³-hybridized carbons (Fsp3) is 0.316. The van der Waals surface area contributed by atoms with Crippen LogP contribution >= 0.6 is 11.8 Å². The molecular weight excluding hydrogens is 362 g/mol. The number of aromatic nitrogens is 3. The third-order valence-corrected chi connectivity index (χ3v) is 5.40. The number of hydrogen-bond acceptors (Lipinski definition) is 6. The average molecular weight is 383 g/mol. The molecule has 3 heterocycles. The standard InChI is InChI=1S/C19H21N5O2S/c20-17(25)12-27-11-15-10-18(24-5-7-26-8-6-24)23-19(22-15)14-1-2-16-13(9-14)3-4-21-16/h1-4,9-10,21H,5-8,11-12H2,(H2,20,25). The molecule has 0 spiro atoms. The number of hydrogen-bond donors (Lipinski definition) is 2. The molecule has 0 bridgehead atoms. The van der Waals surface area contributed by atoms with Crippen molar-refractivity contribution >= 4 is 34.4 Å². The maximum absolute atomic E-state index is 11.0. The van der Waals surface area contributed by atoms with E-state index in [1.54, 1.807) is 0 Å². The summed E-state index contributed by atoms with van der Waals surface area (Å²) in [5.74, 6) is 2.16. The molecule has 0 saturated carbocycles. The van der Waals surface area contributed by atoms with Gasteiger partial charge in [-0.25, -0.2) is 9.97 Å². The summed E-state index contributed by atoms with van der Waals surface area (Å²) in [4.78, 5) is 26.0. The number of carbonyl (C=O) groups is 1. The third kappa shape index (κ3) is 4.23. The van der Waals surface area contributed by atoms with Crippen molar-refractivity contribution in [1.82, 2.24) is 15.0 Å². The highest BCUT2D eigenvalue weighted by Gasteiger charge is 2.16. The molecule has 3 N–H and O–H groups in total. The number of carbonyl (C=O) groups excluding carboxylic acids is 1. The van der Waals surface area contributed by atoms with Gasteiger partial charge in [0.15, 0.2) is 5.82 Å². The first-order chi connectivity index (χ1) is 13.2. The highest BCUT2D eigenvalue weighted by molar-refractivity contribution is 7.99. The number of H-pyrrole nitrogens is 1. The molecule has 8 heteroatoms. The number of nitrogens with one attached hydrogen (secondary N) is 1. The second-order valence-corrected chi connectivity index (χ2v) is 7.36. The molecular formula is C19H21N5O2S. The zero-order valence-electron chi connectivity index (χ0n) is 14.9. The highest BCUT2D eigenvalue weighted by Crippen LogP contribution is 2.25. The Hall–Kier alpha value is -2.58. The van der Waals surface area contributed by atoms with Crippen LogP contribution in [-0.2, 0) is 15.3 Å². The van der Waals surface area contributed by atoms with E-state index in [1.807, 2.05) is 30.5 Å². The van der Waals surface area contributed by atoms with Gasteiger partial charge in [0.1, 0.15) is 5.82 Å². The molecule has 1 aliphatic rings. The number of nitrogens with zero attached hydrogens (tertiary/aromatic N) is 3. The number of morpholine rings is 1. The summed E-state index contributed by atoms with van der Waals surface area (Å²) in [6.45, 7) is 3.00. The van der Waals surface area contributed by atoms with E-state index in [9.17, 15) is 4.79 Å². The Labute approximate surface area is 161 Å². The first-order valence-corrected chi connectivity index (χ1v) is 9.99. The van der Waals surface area contributed by atoms with Gasteiger partial charge in [0.25, 0.3) is 0 Å². The minimum atomic E-state index is -0.319. The Kier molecular flexibility index (Phi) is 5.26. The summed E-state index contributed by atoms with van der Waals surface area (Å²) < 4.78 is 5.45. The van der Waals surface area contributed by atoms with E-state index in [1.165, 1.54) is 11.8 Å². The first kappa shape index (κ1) is 17.8. The highest BCUT2D eigenvalue weighted by atomic mass is 32.2. The van der Waals surface area contributed by atoms with Crippen LogP contribution in [0.25, 0.3) is 22.3 Å². The van der Waals surface area contributed by atoms with Crippen molar-refractivity contribution in [3.8, 4) is 11.4 Å². The Bertz CT molecular complexity index is 952. The number of rotatable bonds is 6. The van der Waals surface area contributed by atoms with Gasteiger partial charge in [0, 0.05) is 47.6 Å². The van der Waals surface area contributed by atoms with Crippen LogP contribution in [0.4, 0.5) is 5.82 Å². The number of aromatic amines is 1. The van der Waals surface area contributed by atoms with Crippen molar-refractivity contribution in [2.75, 3.05) is 37.0 Å². The fourth-order valence-electron chi connectivity index (χ4n) is 3.09. The lowest BCUT2D eigenvalue weighted by Crippen LogP contribution is -2.37. The molecule has 1 aliphatic heterocycles. The number of ether oxygens (including phenoxy) is 1. The summed E-state index contributed by atoms with van der Waals surface area (Å²) in [6, 6.07) is 10.2. The van der Waals surface area contributed by atoms with Crippen molar-refractivity contribution in [3.05, 3.63) is 42.2 Å². The SMILES string of the molecule is NC(=O)CSCc1cc(N2CCOCC2)nc(-c2ccc3[nH]ccc3c2)n1. The normalized spacial score (nSPS) is 14.6. The summed E-state index contributed by atoms with van der Waals surface area (Å²) in [5, 5.41) is 1.12. The van der Waals surface area contributed by atoms with Crippen LogP contribution in [0.15, 0.2) is 36.5 Å². The molecule has 140 valence electrons. The van der Waals surface area contributed by atoms with E-state index < -0.39 is 0 Å². The quantitative estimate of drug-likeness (QED) is 0.677. The number of fused-ring (bicyclic) bond motifs is 1. The number of nitrogens with two attached hydrogens (primary N) is 1. The van der Waals surface area contributed by atoms with Gasteiger partial charge in [-0.3, -0.25) is 4.79 Å². The lowest BCUT2D eigenvalue weighted by molar-refractivity contribution is -0.115. The molecule has 0 atom stereocenters. The summed E-state index contributed by atoms with van der Waals surface area (Å²) >= 11 is 1.46. The van der Waals surface area contributed by atoms with Crippen LogP contribution in [0.2, 0.25) is 0 Å². The van der Waals surface area contributed by atoms with Crippen LogP contribution in [-0.4, -0.2) is 52.9 Å². The van der Waals surface area contributed by atoms with Crippen molar-refractivity contribution in [3.63, 3.8) is 0 Å². The predicted molar refractivity (Wildman–Crippen MR) is 108 cm³/mol. The van der Waals surface area contributed by atoms with Gasteiger partial charge >= 0.3 is 0 Å². The van der Waals surface area contributed by atoms with E-state index in [-0.39, 0.29) is 11.7 Å². The topological polar surface area (TPSA) is 97.1 Å². The number of anilines is 1.